The van der Waals surface area contributed by atoms with E-state index in [-0.39, 0.29) is 12.4 Å². The maximum absolute atomic E-state index is 11.3. The van der Waals surface area contributed by atoms with Crippen LogP contribution in [-0.4, -0.2) is 42.6 Å². The van der Waals surface area contributed by atoms with Crippen molar-refractivity contribution in [3.8, 4) is 5.88 Å². The molecule has 0 amide bonds. The van der Waals surface area contributed by atoms with Gasteiger partial charge >= 0.3 is 5.97 Å². The molecule has 0 spiro atoms. The van der Waals surface area contributed by atoms with Gasteiger partial charge in [0.05, 0.1) is 20.1 Å². The molecule has 1 rings (SSSR count). The summed E-state index contributed by atoms with van der Waals surface area (Å²) in [4.78, 5) is 11.3. The lowest BCUT2D eigenvalue weighted by Gasteiger charge is -2.12. The summed E-state index contributed by atoms with van der Waals surface area (Å²) in [6, 6.07) is 3.42. The number of carbonyl (C=O) groups excluding carboxylic acids is 1. The van der Waals surface area contributed by atoms with Crippen LogP contribution in [0.1, 0.15) is 20.3 Å². The number of ether oxygens (including phenoxy) is 2. The molecule has 0 saturated heterocycles. The number of rotatable bonds is 6. The Labute approximate surface area is 112 Å². The predicted octanol–water partition coefficient (Wildman–Crippen LogP) is 1.25. The van der Waals surface area contributed by atoms with E-state index in [1.807, 2.05) is 0 Å². The number of hydrazone groups is 1. The van der Waals surface area contributed by atoms with E-state index in [0.717, 1.165) is 0 Å². The number of hydrogen-bond donors (Lipinski definition) is 0. The second-order valence-corrected chi connectivity index (χ2v) is 3.77. The normalized spacial score (nSPS) is 11.1. The van der Waals surface area contributed by atoms with Gasteiger partial charge in [0.15, 0.2) is 5.82 Å². The number of anilines is 1. The number of esters is 1. The molecule has 0 radical (unpaired) electrons. The Hall–Kier alpha value is -2.18. The Balaban J connectivity index is 2.65. The fourth-order valence-electron chi connectivity index (χ4n) is 1.36. The molecule has 104 valence electrons. The maximum atomic E-state index is 11.3. The Kier molecular flexibility index (Phi) is 5.72. The van der Waals surface area contributed by atoms with Crippen LogP contribution in [0, 0.1) is 0 Å². The molecule has 0 unspecified atom stereocenters. The van der Waals surface area contributed by atoms with Gasteiger partial charge in [-0.25, -0.2) is 5.01 Å². The first-order chi connectivity index (χ1) is 9.06. The molecule has 1 aromatic heterocycles. The van der Waals surface area contributed by atoms with Crippen LogP contribution in [0.5, 0.6) is 5.88 Å². The predicted molar refractivity (Wildman–Crippen MR) is 71.3 cm³/mol. The molecule has 0 aliphatic carbocycles. The standard InChI is InChI=1S/C12H18N4O3/c1-5-19-12(17)8-9(2)15-16(3)10-6-7-11(18-4)14-13-10/h6-7H,5,8H2,1-4H3/b15-9-. The maximum Gasteiger partial charge on any atom is 0.311 e. The van der Waals surface area contributed by atoms with E-state index < -0.39 is 0 Å². The number of nitrogens with zero attached hydrogens (tertiary/aromatic N) is 4. The monoisotopic (exact) mass is 266 g/mol. The lowest BCUT2D eigenvalue weighted by Crippen LogP contribution is -2.16. The minimum absolute atomic E-state index is 0.155. The summed E-state index contributed by atoms with van der Waals surface area (Å²) in [5, 5.41) is 13.6. The molecule has 0 bridgehead atoms. The second-order valence-electron chi connectivity index (χ2n) is 3.77. The molecule has 7 nitrogen and oxygen atoms in total. The van der Waals surface area contributed by atoms with Gasteiger partial charge in [0.1, 0.15) is 0 Å². The van der Waals surface area contributed by atoms with E-state index in [0.29, 0.717) is 24.0 Å². The lowest BCUT2D eigenvalue weighted by atomic mass is 10.3. The van der Waals surface area contributed by atoms with Crippen molar-refractivity contribution in [2.75, 3.05) is 25.8 Å². The van der Waals surface area contributed by atoms with E-state index in [9.17, 15) is 4.79 Å². The van der Waals surface area contributed by atoms with Gasteiger partial charge in [-0.15, -0.1) is 10.2 Å². The SMILES string of the molecule is CCOC(=O)C/C(C)=N\N(C)c1ccc(OC)nn1. The van der Waals surface area contributed by atoms with Crippen LogP contribution in [0.2, 0.25) is 0 Å². The summed E-state index contributed by atoms with van der Waals surface area (Å²) in [6.07, 6.45) is 0.155. The van der Waals surface area contributed by atoms with E-state index in [2.05, 4.69) is 15.3 Å². The fourth-order valence-corrected chi connectivity index (χ4v) is 1.36. The van der Waals surface area contributed by atoms with Gasteiger partial charge in [-0.3, -0.25) is 4.79 Å². The molecule has 7 heteroatoms. The summed E-state index contributed by atoms with van der Waals surface area (Å²) in [7, 11) is 3.25. The summed E-state index contributed by atoms with van der Waals surface area (Å²) in [5.74, 6) is 0.700. The van der Waals surface area contributed by atoms with E-state index in [4.69, 9.17) is 9.47 Å². The highest BCUT2D eigenvalue weighted by Crippen LogP contribution is 2.11. The van der Waals surface area contributed by atoms with Crippen molar-refractivity contribution in [3.63, 3.8) is 0 Å². The van der Waals surface area contributed by atoms with Gasteiger partial charge < -0.3 is 9.47 Å². The van der Waals surface area contributed by atoms with Crippen molar-refractivity contribution in [1.29, 1.82) is 0 Å². The molecule has 1 heterocycles. The van der Waals surface area contributed by atoms with Crippen molar-refractivity contribution in [2.45, 2.75) is 20.3 Å². The van der Waals surface area contributed by atoms with E-state index in [1.54, 1.807) is 38.0 Å². The van der Waals surface area contributed by atoms with Crippen molar-refractivity contribution in [1.82, 2.24) is 10.2 Å². The van der Waals surface area contributed by atoms with Crippen LogP contribution in [0.25, 0.3) is 0 Å². The molecular weight excluding hydrogens is 248 g/mol. The molecule has 19 heavy (non-hydrogen) atoms. The number of aromatic nitrogens is 2. The zero-order valence-corrected chi connectivity index (χ0v) is 11.6. The van der Waals surface area contributed by atoms with Crippen LogP contribution in [0.4, 0.5) is 5.82 Å². The Morgan fingerprint density at radius 2 is 2.16 bits per heavy atom. The van der Waals surface area contributed by atoms with Gasteiger partial charge in [0.2, 0.25) is 5.88 Å². The lowest BCUT2D eigenvalue weighted by molar-refractivity contribution is -0.141. The minimum atomic E-state index is -0.294. The summed E-state index contributed by atoms with van der Waals surface area (Å²) in [6.45, 7) is 3.89. The first-order valence-electron chi connectivity index (χ1n) is 5.88. The Morgan fingerprint density at radius 1 is 1.42 bits per heavy atom. The zero-order chi connectivity index (χ0) is 14.3. The molecular formula is C12H18N4O3. The van der Waals surface area contributed by atoms with Gasteiger partial charge in [-0.05, 0) is 19.9 Å². The van der Waals surface area contributed by atoms with Crippen LogP contribution >= 0.6 is 0 Å². The quantitative estimate of drug-likeness (QED) is 0.438. The highest BCUT2D eigenvalue weighted by Gasteiger charge is 2.07. The largest absolute Gasteiger partial charge is 0.480 e. The Morgan fingerprint density at radius 3 is 2.68 bits per heavy atom. The average Bonchev–Trinajstić information content (AvgIpc) is 2.38. The molecule has 1 aromatic rings. The second kappa shape index (κ2) is 7.30. The third-order valence-electron chi connectivity index (χ3n) is 2.19. The van der Waals surface area contributed by atoms with Crippen molar-refractivity contribution < 1.29 is 14.3 Å². The van der Waals surface area contributed by atoms with Gasteiger partial charge in [-0.1, -0.05) is 0 Å². The summed E-state index contributed by atoms with van der Waals surface area (Å²) < 4.78 is 9.77. The number of methoxy groups -OCH3 is 1. The fraction of sp³-hybridized carbons (Fsp3) is 0.500. The molecule has 0 atom stereocenters. The average molecular weight is 266 g/mol. The van der Waals surface area contributed by atoms with E-state index in [1.165, 1.54) is 7.11 Å². The summed E-state index contributed by atoms with van der Waals surface area (Å²) >= 11 is 0. The van der Waals surface area contributed by atoms with Crippen molar-refractivity contribution in [3.05, 3.63) is 12.1 Å². The zero-order valence-electron chi connectivity index (χ0n) is 11.6. The van der Waals surface area contributed by atoms with Crippen LogP contribution < -0.4 is 9.75 Å². The van der Waals surface area contributed by atoms with Crippen molar-refractivity contribution in [2.24, 2.45) is 5.10 Å². The van der Waals surface area contributed by atoms with Gasteiger partial charge in [-0.2, -0.15) is 5.10 Å². The molecule has 0 aliphatic rings. The minimum Gasteiger partial charge on any atom is -0.480 e. The Bertz CT molecular complexity index is 445. The smallest absolute Gasteiger partial charge is 0.311 e. The van der Waals surface area contributed by atoms with Gasteiger partial charge in [0, 0.05) is 18.8 Å². The third kappa shape index (κ3) is 4.90. The van der Waals surface area contributed by atoms with Crippen LogP contribution in [0.15, 0.2) is 17.2 Å². The summed E-state index contributed by atoms with van der Waals surface area (Å²) in [5.41, 5.74) is 0.638. The van der Waals surface area contributed by atoms with E-state index >= 15 is 0 Å². The highest BCUT2D eigenvalue weighted by molar-refractivity contribution is 5.97. The number of carbonyl (C=O) groups is 1. The topological polar surface area (TPSA) is 76.9 Å². The third-order valence-corrected chi connectivity index (χ3v) is 2.19. The molecule has 0 aliphatic heterocycles. The molecule has 0 fully saturated rings. The van der Waals surface area contributed by atoms with Crippen molar-refractivity contribution >= 4 is 17.5 Å². The molecule has 0 N–H and O–H groups in total. The van der Waals surface area contributed by atoms with Crippen LogP contribution in [0.3, 0.4) is 0 Å². The first kappa shape index (κ1) is 14.9. The van der Waals surface area contributed by atoms with Crippen LogP contribution in [-0.2, 0) is 9.53 Å². The number of hydrogen-bond acceptors (Lipinski definition) is 7. The van der Waals surface area contributed by atoms with Gasteiger partial charge in [0.25, 0.3) is 0 Å². The molecule has 0 saturated carbocycles. The first-order valence-corrected chi connectivity index (χ1v) is 5.88. The molecule has 0 aromatic carbocycles. The highest BCUT2D eigenvalue weighted by atomic mass is 16.5.